The van der Waals surface area contributed by atoms with E-state index in [2.05, 4.69) is 4.74 Å². The molecule has 194 valence electrons. The summed E-state index contributed by atoms with van der Waals surface area (Å²) in [6.45, 7) is 0.422. The van der Waals surface area contributed by atoms with Crippen molar-refractivity contribution < 1.29 is 58.7 Å². The van der Waals surface area contributed by atoms with Gasteiger partial charge in [-0.3, -0.25) is 38.7 Å². The maximum absolute atomic E-state index is 11.9. The van der Waals surface area contributed by atoms with E-state index in [9.17, 15) is 28.8 Å². The normalized spacial score (nSPS) is 11.1. The van der Waals surface area contributed by atoms with Crippen LogP contribution in [0.4, 0.5) is 4.79 Å². The lowest BCUT2D eigenvalue weighted by molar-refractivity contribution is -0.144. The van der Waals surface area contributed by atoms with Crippen molar-refractivity contribution in [1.29, 1.82) is 0 Å². The molecule has 0 saturated carbocycles. The number of rotatable bonds is 18. The third-order valence-electron chi connectivity index (χ3n) is 3.98. The van der Waals surface area contributed by atoms with Crippen molar-refractivity contribution in [3.05, 3.63) is 0 Å². The third kappa shape index (κ3) is 17.3. The second kappa shape index (κ2) is 16.3. The Labute approximate surface area is 195 Å². The van der Waals surface area contributed by atoms with E-state index in [-0.39, 0.29) is 38.7 Å². The van der Waals surface area contributed by atoms with Gasteiger partial charge in [-0.25, -0.2) is 4.79 Å². The number of ether oxygens (including phenoxy) is 2. The summed E-state index contributed by atoms with van der Waals surface area (Å²) in [6.07, 6.45) is -1.22. The number of nitrogens with zero attached hydrogens (tertiary/aromatic N) is 3. The standard InChI is InChI=1S/C19H31N3O12/c1-13(2)12-33-19(32)34-18(31)11-22(10-17(29)30)6-4-20(7-14(23)24)3-5-21(8-15(25)26)9-16(27)28/h13H,3-12H2,1-2H3,(H,23,24)(H,25,26)(H,27,28)(H,29,30). The second-order valence-corrected chi connectivity index (χ2v) is 7.70. The van der Waals surface area contributed by atoms with E-state index >= 15 is 0 Å². The highest BCUT2D eigenvalue weighted by Crippen LogP contribution is 2.00. The molecule has 0 aliphatic rings. The molecule has 0 aromatic heterocycles. The fraction of sp³-hybridized carbons (Fsp3) is 0.684. The first-order valence-electron chi connectivity index (χ1n) is 10.2. The molecule has 0 bridgehead atoms. The Morgan fingerprint density at radius 1 is 0.618 bits per heavy atom. The van der Waals surface area contributed by atoms with Gasteiger partial charge in [0.1, 0.15) is 0 Å². The van der Waals surface area contributed by atoms with E-state index in [0.29, 0.717) is 0 Å². The second-order valence-electron chi connectivity index (χ2n) is 7.70. The van der Waals surface area contributed by atoms with Crippen molar-refractivity contribution in [1.82, 2.24) is 14.7 Å². The number of carboxylic acids is 4. The molecule has 0 spiro atoms. The van der Waals surface area contributed by atoms with Crippen LogP contribution in [0.2, 0.25) is 0 Å². The van der Waals surface area contributed by atoms with E-state index in [0.717, 1.165) is 9.80 Å². The highest BCUT2D eigenvalue weighted by Gasteiger charge is 2.21. The van der Waals surface area contributed by atoms with E-state index in [4.69, 9.17) is 25.2 Å². The van der Waals surface area contributed by atoms with Crippen LogP contribution in [0.1, 0.15) is 13.8 Å². The van der Waals surface area contributed by atoms with Crippen LogP contribution in [0, 0.1) is 5.92 Å². The van der Waals surface area contributed by atoms with Gasteiger partial charge in [-0.05, 0) is 5.92 Å². The van der Waals surface area contributed by atoms with Gasteiger partial charge in [-0.1, -0.05) is 13.8 Å². The summed E-state index contributed by atoms with van der Waals surface area (Å²) in [4.78, 5) is 71.1. The summed E-state index contributed by atoms with van der Waals surface area (Å²) < 4.78 is 9.19. The lowest BCUT2D eigenvalue weighted by atomic mass is 10.2. The van der Waals surface area contributed by atoms with Crippen LogP contribution >= 0.6 is 0 Å². The quantitative estimate of drug-likeness (QED) is 0.127. The first-order chi connectivity index (χ1) is 15.8. The van der Waals surface area contributed by atoms with Gasteiger partial charge in [0.25, 0.3) is 0 Å². The zero-order valence-electron chi connectivity index (χ0n) is 19.0. The predicted octanol–water partition coefficient (Wildman–Crippen LogP) is -1.43. The molecule has 0 atom stereocenters. The first-order valence-corrected chi connectivity index (χ1v) is 10.2. The first kappa shape index (κ1) is 30.7. The van der Waals surface area contributed by atoms with E-state index in [1.54, 1.807) is 13.8 Å². The Balaban J connectivity index is 5.01. The van der Waals surface area contributed by atoms with Gasteiger partial charge in [-0.15, -0.1) is 0 Å². The summed E-state index contributed by atoms with van der Waals surface area (Å²) in [5, 5.41) is 36.0. The lowest BCUT2D eigenvalue weighted by Crippen LogP contribution is -2.45. The monoisotopic (exact) mass is 493 g/mol. The molecule has 15 nitrogen and oxygen atoms in total. The molecule has 0 amide bonds. The molecule has 15 heteroatoms. The van der Waals surface area contributed by atoms with Crippen LogP contribution in [0.15, 0.2) is 0 Å². The predicted molar refractivity (Wildman–Crippen MR) is 112 cm³/mol. The Morgan fingerprint density at radius 2 is 0.971 bits per heavy atom. The van der Waals surface area contributed by atoms with Crippen LogP contribution in [-0.2, 0) is 33.4 Å². The zero-order valence-corrected chi connectivity index (χ0v) is 19.0. The molecule has 34 heavy (non-hydrogen) atoms. The van der Waals surface area contributed by atoms with Crippen LogP contribution in [0.25, 0.3) is 0 Å². The van der Waals surface area contributed by atoms with Gasteiger partial charge in [0.15, 0.2) is 0 Å². The number of esters is 1. The average Bonchev–Trinajstić information content (AvgIpc) is 2.66. The molecule has 0 rings (SSSR count). The Bertz CT molecular complexity index is 711. The van der Waals surface area contributed by atoms with Crippen LogP contribution in [-0.4, -0.2) is 137 Å². The number of aliphatic carboxylic acids is 4. The van der Waals surface area contributed by atoms with Crippen molar-refractivity contribution in [2.45, 2.75) is 13.8 Å². The largest absolute Gasteiger partial charge is 0.516 e. The van der Waals surface area contributed by atoms with Crippen LogP contribution < -0.4 is 0 Å². The SMILES string of the molecule is CC(C)COC(=O)OC(=O)CN(CCN(CCN(CC(=O)O)CC(=O)O)CC(=O)O)CC(=O)O. The Morgan fingerprint density at radius 3 is 1.35 bits per heavy atom. The highest BCUT2D eigenvalue weighted by molar-refractivity contribution is 5.83. The number of carboxylic acid groups (broad SMARTS) is 4. The summed E-state index contributed by atoms with van der Waals surface area (Å²) in [5.41, 5.74) is 0. The van der Waals surface area contributed by atoms with Crippen molar-refractivity contribution in [2.24, 2.45) is 5.92 Å². The minimum atomic E-state index is -1.28. The molecule has 0 fully saturated rings. The number of hydrogen-bond acceptors (Lipinski definition) is 11. The molecule has 0 aliphatic carbocycles. The smallest absolute Gasteiger partial charge is 0.480 e. The van der Waals surface area contributed by atoms with Crippen molar-refractivity contribution >= 4 is 36.0 Å². The molecule has 4 N–H and O–H groups in total. The molecular formula is C19H31N3O12. The van der Waals surface area contributed by atoms with Crippen molar-refractivity contribution in [3.63, 3.8) is 0 Å². The fourth-order valence-electron chi connectivity index (χ4n) is 2.60. The molecule has 0 aromatic carbocycles. The van der Waals surface area contributed by atoms with Gasteiger partial charge in [0.2, 0.25) is 0 Å². The molecule has 0 saturated heterocycles. The molecule has 0 aliphatic heterocycles. The number of carbonyl (C=O) groups excluding carboxylic acids is 2. The highest BCUT2D eigenvalue weighted by atomic mass is 16.7. The van der Waals surface area contributed by atoms with E-state index in [1.165, 1.54) is 4.90 Å². The average molecular weight is 493 g/mol. The lowest BCUT2D eigenvalue weighted by Gasteiger charge is -2.27. The maximum atomic E-state index is 11.9. The topological polar surface area (TPSA) is 212 Å². The molecular weight excluding hydrogens is 462 g/mol. The van der Waals surface area contributed by atoms with Crippen molar-refractivity contribution in [2.75, 3.05) is 65.5 Å². The minimum absolute atomic E-state index is 0.00769. The van der Waals surface area contributed by atoms with Gasteiger partial charge < -0.3 is 29.9 Å². The maximum Gasteiger partial charge on any atom is 0.516 e. The Hall–Kier alpha value is -3.30. The molecule has 0 aromatic rings. The van der Waals surface area contributed by atoms with Crippen LogP contribution in [0.5, 0.6) is 0 Å². The van der Waals surface area contributed by atoms with Gasteiger partial charge in [0.05, 0.1) is 39.3 Å². The third-order valence-corrected chi connectivity index (χ3v) is 3.98. The van der Waals surface area contributed by atoms with Gasteiger partial charge in [-0.2, -0.15) is 0 Å². The molecule has 0 radical (unpaired) electrons. The van der Waals surface area contributed by atoms with Crippen molar-refractivity contribution in [3.8, 4) is 0 Å². The number of carbonyl (C=O) groups is 6. The van der Waals surface area contributed by atoms with Gasteiger partial charge in [0, 0.05) is 26.2 Å². The van der Waals surface area contributed by atoms with E-state index in [1.807, 2.05) is 0 Å². The van der Waals surface area contributed by atoms with Crippen LogP contribution in [0.3, 0.4) is 0 Å². The van der Waals surface area contributed by atoms with E-state index < -0.39 is 68.7 Å². The minimum Gasteiger partial charge on any atom is -0.480 e. The Kier molecular flexibility index (Phi) is 14.7. The fourth-order valence-corrected chi connectivity index (χ4v) is 2.60. The van der Waals surface area contributed by atoms with Gasteiger partial charge >= 0.3 is 36.0 Å². The summed E-state index contributed by atoms with van der Waals surface area (Å²) in [7, 11) is 0. The number of hydrogen-bond donors (Lipinski definition) is 4. The summed E-state index contributed by atoms with van der Waals surface area (Å²) >= 11 is 0. The molecule has 0 unspecified atom stereocenters. The summed E-state index contributed by atoms with van der Waals surface area (Å²) in [5.74, 6) is -6.08. The summed E-state index contributed by atoms with van der Waals surface area (Å²) in [6, 6.07) is 0. The molecule has 0 heterocycles. The zero-order chi connectivity index (χ0) is 26.3.